The van der Waals surface area contributed by atoms with Crippen molar-refractivity contribution in [1.29, 1.82) is 0 Å². The molecule has 0 aromatic carbocycles. The largest absolute Gasteiger partial charge is 0.405 e. The van der Waals surface area contributed by atoms with Crippen LogP contribution in [0.3, 0.4) is 0 Å². The van der Waals surface area contributed by atoms with Crippen molar-refractivity contribution in [2.45, 2.75) is 26.1 Å². The Kier molecular flexibility index (Phi) is 4.23. The second kappa shape index (κ2) is 6.23. The van der Waals surface area contributed by atoms with Gasteiger partial charge in [-0.1, -0.05) is 6.07 Å². The van der Waals surface area contributed by atoms with Crippen molar-refractivity contribution in [1.82, 2.24) is 19.7 Å². The van der Waals surface area contributed by atoms with E-state index in [4.69, 9.17) is 0 Å². The van der Waals surface area contributed by atoms with Crippen molar-refractivity contribution in [3.63, 3.8) is 0 Å². The molecule has 2 N–H and O–H groups in total. The molecule has 0 atom stereocenters. The Labute approximate surface area is 141 Å². The number of rotatable bonds is 4. The number of aromatic nitrogens is 3. The summed E-state index contributed by atoms with van der Waals surface area (Å²) in [6.07, 6.45) is -1.44. The minimum Gasteiger partial charge on any atom is -0.367 e. The molecule has 132 valence electrons. The third-order valence-electron chi connectivity index (χ3n) is 3.52. The average molecular weight is 351 g/mol. The Bertz CT molecular complexity index is 933. The van der Waals surface area contributed by atoms with Crippen LogP contribution in [0.5, 0.6) is 0 Å². The van der Waals surface area contributed by atoms with Crippen molar-refractivity contribution >= 4 is 28.3 Å². The molecule has 0 aliphatic rings. The maximum absolute atomic E-state index is 12.5. The van der Waals surface area contributed by atoms with Crippen LogP contribution in [0.4, 0.5) is 19.0 Å². The predicted molar refractivity (Wildman–Crippen MR) is 87.6 cm³/mol. The first kappa shape index (κ1) is 17.0. The normalized spacial score (nSPS) is 12.1. The molecule has 3 heterocycles. The molecule has 0 saturated heterocycles. The average Bonchev–Trinajstić information content (AvgIpc) is 2.87. The second-order valence-electron chi connectivity index (χ2n) is 5.85. The monoisotopic (exact) mass is 351 g/mol. The Morgan fingerprint density at radius 2 is 2.04 bits per heavy atom. The van der Waals surface area contributed by atoms with Crippen LogP contribution in [-0.4, -0.2) is 39.0 Å². The molecule has 9 heteroatoms. The summed E-state index contributed by atoms with van der Waals surface area (Å²) in [6, 6.07) is 5.13. The van der Waals surface area contributed by atoms with Crippen LogP contribution in [0.15, 0.2) is 30.7 Å². The van der Waals surface area contributed by atoms with Crippen LogP contribution in [0.25, 0.3) is 16.6 Å². The smallest absolute Gasteiger partial charge is 0.367 e. The van der Waals surface area contributed by atoms with Crippen LogP contribution >= 0.6 is 0 Å². The van der Waals surface area contributed by atoms with Gasteiger partial charge in [0.15, 0.2) is 5.65 Å². The molecule has 0 fully saturated rings. The molecule has 3 aromatic rings. The van der Waals surface area contributed by atoms with Crippen molar-refractivity contribution in [3.8, 4) is 0 Å². The fourth-order valence-corrected chi connectivity index (χ4v) is 2.63. The van der Waals surface area contributed by atoms with E-state index in [0.717, 1.165) is 0 Å². The van der Waals surface area contributed by atoms with Crippen LogP contribution in [-0.2, 0) is 0 Å². The molecule has 3 aromatic heterocycles. The van der Waals surface area contributed by atoms with Crippen molar-refractivity contribution in [3.05, 3.63) is 36.3 Å². The van der Waals surface area contributed by atoms with Gasteiger partial charge in [0, 0.05) is 12.2 Å². The number of carbonyl (C=O) groups is 1. The fraction of sp³-hybridized carbons (Fsp3) is 0.312. The fourth-order valence-electron chi connectivity index (χ4n) is 2.63. The van der Waals surface area contributed by atoms with Crippen molar-refractivity contribution in [2.75, 3.05) is 11.9 Å². The molecule has 0 spiro atoms. The highest BCUT2D eigenvalue weighted by Gasteiger charge is 2.30. The van der Waals surface area contributed by atoms with E-state index in [1.54, 1.807) is 28.8 Å². The first-order valence-corrected chi connectivity index (χ1v) is 7.63. The van der Waals surface area contributed by atoms with E-state index in [-0.39, 0.29) is 11.6 Å². The van der Waals surface area contributed by atoms with Gasteiger partial charge in [-0.25, -0.2) is 9.97 Å². The molecule has 0 radical (unpaired) electrons. The lowest BCUT2D eigenvalue weighted by atomic mass is 10.1. The number of nitrogens with zero attached hydrogens (tertiary/aromatic N) is 3. The Morgan fingerprint density at radius 3 is 2.72 bits per heavy atom. The van der Waals surface area contributed by atoms with E-state index < -0.39 is 18.6 Å². The SMILES string of the molecule is CC(C)Nc1ncnc2c1c(C(=O)NCC(F)(F)F)c1ccccn12. The molecule has 6 nitrogen and oxygen atoms in total. The van der Waals surface area contributed by atoms with Gasteiger partial charge in [0.25, 0.3) is 5.91 Å². The molecule has 25 heavy (non-hydrogen) atoms. The molecule has 0 aliphatic carbocycles. The Hall–Kier alpha value is -2.84. The predicted octanol–water partition coefficient (Wildman–Crippen LogP) is 2.99. The number of carbonyl (C=O) groups excluding carboxylic acids is 1. The summed E-state index contributed by atoms with van der Waals surface area (Å²) < 4.78 is 39.1. The van der Waals surface area contributed by atoms with Gasteiger partial charge in [0.05, 0.1) is 16.5 Å². The van der Waals surface area contributed by atoms with E-state index in [1.165, 1.54) is 6.33 Å². The summed E-state index contributed by atoms with van der Waals surface area (Å²) in [5.41, 5.74) is 1.03. The first-order valence-electron chi connectivity index (χ1n) is 7.63. The van der Waals surface area contributed by atoms with Crippen molar-refractivity contribution < 1.29 is 18.0 Å². The van der Waals surface area contributed by atoms with Crippen molar-refractivity contribution in [2.24, 2.45) is 0 Å². The number of pyridine rings is 1. The van der Waals surface area contributed by atoms with Crippen LogP contribution in [0.1, 0.15) is 24.2 Å². The molecular weight excluding hydrogens is 335 g/mol. The minimum absolute atomic E-state index is 0.0206. The lowest BCUT2D eigenvalue weighted by Crippen LogP contribution is -2.33. The van der Waals surface area contributed by atoms with Crippen LogP contribution in [0.2, 0.25) is 0 Å². The van der Waals surface area contributed by atoms with Gasteiger partial charge in [0.2, 0.25) is 0 Å². The molecule has 0 unspecified atom stereocenters. The maximum atomic E-state index is 12.5. The number of amides is 1. The standard InChI is InChI=1S/C16H16F3N5O/c1-9(2)23-13-12-11(15(25)20-7-16(17,18)19)10-5-3-4-6-24(10)14(12)22-8-21-13/h3-6,8-9H,7H2,1-2H3,(H,20,25)(H,21,22,23). The minimum atomic E-state index is -4.49. The zero-order chi connectivity index (χ0) is 18.2. The topological polar surface area (TPSA) is 71.3 Å². The summed E-state index contributed by atoms with van der Waals surface area (Å²) in [5.74, 6) is -0.418. The number of hydrogen-bond acceptors (Lipinski definition) is 4. The Balaban J connectivity index is 2.21. The van der Waals surface area contributed by atoms with Gasteiger partial charge in [-0.15, -0.1) is 0 Å². The molecule has 0 aliphatic heterocycles. The summed E-state index contributed by atoms with van der Waals surface area (Å²) in [4.78, 5) is 20.9. The third-order valence-corrected chi connectivity index (χ3v) is 3.52. The number of nitrogens with one attached hydrogen (secondary N) is 2. The lowest BCUT2D eigenvalue weighted by molar-refractivity contribution is -0.123. The van der Waals surface area contributed by atoms with E-state index in [0.29, 0.717) is 22.4 Å². The maximum Gasteiger partial charge on any atom is 0.405 e. The highest BCUT2D eigenvalue weighted by atomic mass is 19.4. The number of hydrogen-bond donors (Lipinski definition) is 2. The number of alkyl halides is 3. The summed E-state index contributed by atoms with van der Waals surface area (Å²) >= 11 is 0. The van der Waals surface area contributed by atoms with Gasteiger partial charge in [-0.3, -0.25) is 4.79 Å². The van der Waals surface area contributed by atoms with Gasteiger partial charge in [-0.2, -0.15) is 13.2 Å². The highest BCUT2D eigenvalue weighted by Crippen LogP contribution is 2.30. The first-order chi connectivity index (χ1) is 11.8. The molecule has 1 amide bonds. The molecule has 3 rings (SSSR count). The lowest BCUT2D eigenvalue weighted by Gasteiger charge is -2.11. The van der Waals surface area contributed by atoms with Gasteiger partial charge in [-0.05, 0) is 26.0 Å². The zero-order valence-electron chi connectivity index (χ0n) is 13.6. The quantitative estimate of drug-likeness (QED) is 0.758. The molecular formula is C16H16F3N5O. The third kappa shape index (κ3) is 3.35. The van der Waals surface area contributed by atoms with E-state index in [2.05, 4.69) is 15.3 Å². The zero-order valence-corrected chi connectivity index (χ0v) is 13.6. The van der Waals surface area contributed by atoms with Crippen LogP contribution < -0.4 is 10.6 Å². The van der Waals surface area contributed by atoms with E-state index >= 15 is 0 Å². The van der Waals surface area contributed by atoms with E-state index in [9.17, 15) is 18.0 Å². The summed E-state index contributed by atoms with van der Waals surface area (Å²) in [5, 5.41) is 5.43. The summed E-state index contributed by atoms with van der Waals surface area (Å²) in [6.45, 7) is 2.39. The highest BCUT2D eigenvalue weighted by molar-refractivity contribution is 6.16. The summed E-state index contributed by atoms with van der Waals surface area (Å²) in [7, 11) is 0. The van der Waals surface area contributed by atoms with Gasteiger partial charge >= 0.3 is 6.18 Å². The van der Waals surface area contributed by atoms with Gasteiger partial charge in [0.1, 0.15) is 18.7 Å². The number of fused-ring (bicyclic) bond motifs is 3. The molecule has 0 saturated carbocycles. The van der Waals surface area contributed by atoms with E-state index in [1.807, 2.05) is 19.2 Å². The Morgan fingerprint density at radius 1 is 1.28 bits per heavy atom. The van der Waals surface area contributed by atoms with Crippen LogP contribution in [0, 0.1) is 0 Å². The molecule has 0 bridgehead atoms. The van der Waals surface area contributed by atoms with Gasteiger partial charge < -0.3 is 15.0 Å². The number of halogens is 3. The number of anilines is 1. The second-order valence-corrected chi connectivity index (χ2v) is 5.85.